The van der Waals surface area contributed by atoms with Crippen molar-refractivity contribution in [2.75, 3.05) is 19.0 Å². The maximum absolute atomic E-state index is 5.92. The highest BCUT2D eigenvalue weighted by molar-refractivity contribution is 5.37. The number of anilines is 1. The molecule has 5 nitrogen and oxygen atoms in total. The fourth-order valence-electron chi connectivity index (χ4n) is 1.89. The monoisotopic (exact) mass is 287 g/mol. The summed E-state index contributed by atoms with van der Waals surface area (Å²) in [6, 6.07) is 11.8. The van der Waals surface area contributed by atoms with Crippen LogP contribution in [0.1, 0.15) is 31.3 Å². The number of ether oxygens (including phenoxy) is 2. The van der Waals surface area contributed by atoms with Gasteiger partial charge in [0.2, 0.25) is 5.88 Å². The van der Waals surface area contributed by atoms with Crippen molar-refractivity contribution >= 4 is 5.82 Å². The van der Waals surface area contributed by atoms with Gasteiger partial charge in [-0.3, -0.25) is 0 Å². The highest BCUT2D eigenvalue weighted by Crippen LogP contribution is 2.22. The maximum Gasteiger partial charge on any atom is 0.219 e. The number of rotatable bonds is 7. The molecule has 1 aromatic carbocycles. The molecule has 0 saturated carbocycles. The number of nitrogens with zero attached hydrogens (tertiary/aromatic N) is 2. The smallest absolute Gasteiger partial charge is 0.219 e. The summed E-state index contributed by atoms with van der Waals surface area (Å²) in [5.74, 6) is 1.87. The molecule has 1 aromatic heterocycles. The second-order valence-corrected chi connectivity index (χ2v) is 4.57. The quantitative estimate of drug-likeness (QED) is 0.847. The molecule has 0 radical (unpaired) electrons. The lowest BCUT2D eigenvalue weighted by Gasteiger charge is -2.15. The second kappa shape index (κ2) is 7.59. The highest BCUT2D eigenvalue weighted by Gasteiger charge is 2.10. The number of aromatic nitrogens is 2. The summed E-state index contributed by atoms with van der Waals surface area (Å²) in [5, 5.41) is 3.01. The molecular formula is C16H21N3O2. The summed E-state index contributed by atoms with van der Waals surface area (Å²) in [6.45, 7) is 4.95. The van der Waals surface area contributed by atoms with Crippen molar-refractivity contribution in [2.45, 2.75) is 26.6 Å². The lowest BCUT2D eigenvalue weighted by atomic mass is 10.1. The Kier molecular flexibility index (Phi) is 5.51. The predicted molar refractivity (Wildman–Crippen MR) is 82.4 cm³/mol. The molecule has 1 heterocycles. The van der Waals surface area contributed by atoms with E-state index in [0.717, 1.165) is 11.4 Å². The van der Waals surface area contributed by atoms with Crippen molar-refractivity contribution in [1.82, 2.24) is 9.97 Å². The minimum absolute atomic E-state index is 0.0780. The Hall–Kier alpha value is -2.14. The van der Waals surface area contributed by atoms with Gasteiger partial charge in [-0.15, -0.1) is 0 Å². The van der Waals surface area contributed by atoms with Crippen LogP contribution in [0.5, 0.6) is 5.88 Å². The first-order valence-corrected chi connectivity index (χ1v) is 7.08. The maximum atomic E-state index is 5.92. The predicted octanol–water partition coefficient (Wildman–Crippen LogP) is 3.19. The van der Waals surface area contributed by atoms with Gasteiger partial charge in [-0.25, -0.2) is 4.98 Å². The summed E-state index contributed by atoms with van der Waals surface area (Å²) in [6.07, 6.45) is -0.0780. The molecule has 0 aliphatic heterocycles. The molecule has 1 unspecified atom stereocenters. The molecule has 5 heteroatoms. The Morgan fingerprint density at radius 3 is 2.62 bits per heavy atom. The third kappa shape index (κ3) is 4.43. The summed E-state index contributed by atoms with van der Waals surface area (Å²) >= 11 is 0. The van der Waals surface area contributed by atoms with Crippen LogP contribution in [0, 0.1) is 0 Å². The Bertz CT molecular complexity index is 561. The summed E-state index contributed by atoms with van der Waals surface area (Å²) in [7, 11) is 1.82. The van der Waals surface area contributed by atoms with E-state index in [1.807, 2.05) is 51.2 Å². The fraction of sp³-hybridized carbons (Fsp3) is 0.375. The molecule has 0 fully saturated rings. The SMILES string of the molecule is CCOCc1nc(NC)cc(OC(C)c2ccccc2)n1. The number of hydrogen-bond acceptors (Lipinski definition) is 5. The van der Waals surface area contributed by atoms with E-state index in [0.29, 0.717) is 24.9 Å². The van der Waals surface area contributed by atoms with Gasteiger partial charge in [-0.1, -0.05) is 30.3 Å². The van der Waals surface area contributed by atoms with Crippen molar-refractivity contribution in [1.29, 1.82) is 0 Å². The van der Waals surface area contributed by atoms with Gasteiger partial charge < -0.3 is 14.8 Å². The molecule has 0 saturated heterocycles. The van der Waals surface area contributed by atoms with E-state index in [9.17, 15) is 0 Å². The van der Waals surface area contributed by atoms with E-state index in [1.165, 1.54) is 0 Å². The summed E-state index contributed by atoms with van der Waals surface area (Å²) in [4.78, 5) is 8.73. The van der Waals surface area contributed by atoms with Crippen LogP contribution in [0.2, 0.25) is 0 Å². The van der Waals surface area contributed by atoms with Crippen LogP contribution in [0.25, 0.3) is 0 Å². The van der Waals surface area contributed by atoms with Gasteiger partial charge in [0, 0.05) is 19.7 Å². The van der Waals surface area contributed by atoms with Crippen molar-refractivity contribution < 1.29 is 9.47 Å². The standard InChI is InChI=1S/C16H21N3O2/c1-4-20-11-15-18-14(17-3)10-16(19-15)21-12(2)13-8-6-5-7-9-13/h5-10,12H,4,11H2,1-3H3,(H,17,18,19). The van der Waals surface area contributed by atoms with Gasteiger partial charge in [0.25, 0.3) is 0 Å². The summed E-state index contributed by atoms with van der Waals surface area (Å²) in [5.41, 5.74) is 1.11. The normalized spacial score (nSPS) is 12.0. The Balaban J connectivity index is 2.14. The van der Waals surface area contributed by atoms with Gasteiger partial charge in [0.1, 0.15) is 18.5 Å². The van der Waals surface area contributed by atoms with E-state index >= 15 is 0 Å². The van der Waals surface area contributed by atoms with E-state index in [2.05, 4.69) is 15.3 Å². The van der Waals surface area contributed by atoms with Gasteiger partial charge in [0.05, 0.1) is 0 Å². The van der Waals surface area contributed by atoms with E-state index in [-0.39, 0.29) is 6.10 Å². The average molecular weight is 287 g/mol. The number of nitrogens with one attached hydrogen (secondary N) is 1. The first-order chi connectivity index (χ1) is 10.2. The zero-order chi connectivity index (χ0) is 15.1. The molecule has 0 bridgehead atoms. The van der Waals surface area contributed by atoms with Crippen molar-refractivity contribution in [2.24, 2.45) is 0 Å². The van der Waals surface area contributed by atoms with Crippen LogP contribution in [0.4, 0.5) is 5.82 Å². The summed E-state index contributed by atoms with van der Waals surface area (Å²) < 4.78 is 11.3. The zero-order valence-corrected chi connectivity index (χ0v) is 12.7. The van der Waals surface area contributed by atoms with Crippen molar-refractivity contribution in [3.63, 3.8) is 0 Å². The Morgan fingerprint density at radius 1 is 1.19 bits per heavy atom. The van der Waals surface area contributed by atoms with E-state index in [4.69, 9.17) is 9.47 Å². The highest BCUT2D eigenvalue weighted by atomic mass is 16.5. The van der Waals surface area contributed by atoms with Crippen molar-refractivity contribution in [3.8, 4) is 5.88 Å². The van der Waals surface area contributed by atoms with Gasteiger partial charge in [0.15, 0.2) is 5.82 Å². The molecule has 21 heavy (non-hydrogen) atoms. The molecule has 2 aromatic rings. The third-order valence-electron chi connectivity index (χ3n) is 3.01. The molecule has 1 N–H and O–H groups in total. The molecule has 2 rings (SSSR count). The van der Waals surface area contributed by atoms with Crippen LogP contribution in [-0.2, 0) is 11.3 Å². The molecule has 0 aliphatic carbocycles. The number of benzene rings is 1. The van der Waals surface area contributed by atoms with Crippen LogP contribution in [0.15, 0.2) is 36.4 Å². The zero-order valence-electron chi connectivity index (χ0n) is 12.7. The van der Waals surface area contributed by atoms with Crippen molar-refractivity contribution in [3.05, 3.63) is 47.8 Å². The first-order valence-electron chi connectivity index (χ1n) is 7.08. The largest absolute Gasteiger partial charge is 0.470 e. The Morgan fingerprint density at radius 2 is 1.95 bits per heavy atom. The molecule has 1 atom stereocenters. The van der Waals surface area contributed by atoms with Crippen LogP contribution in [-0.4, -0.2) is 23.6 Å². The topological polar surface area (TPSA) is 56.3 Å². The minimum atomic E-state index is -0.0780. The van der Waals surface area contributed by atoms with Gasteiger partial charge >= 0.3 is 0 Å². The Labute approximate surface area is 125 Å². The first kappa shape index (κ1) is 15.3. The molecule has 0 spiro atoms. The van der Waals surface area contributed by atoms with Crippen LogP contribution >= 0.6 is 0 Å². The van der Waals surface area contributed by atoms with Crippen LogP contribution in [0.3, 0.4) is 0 Å². The van der Waals surface area contributed by atoms with E-state index < -0.39 is 0 Å². The molecule has 0 amide bonds. The fourth-order valence-corrected chi connectivity index (χ4v) is 1.89. The van der Waals surface area contributed by atoms with Crippen LogP contribution < -0.4 is 10.1 Å². The van der Waals surface area contributed by atoms with E-state index in [1.54, 1.807) is 6.07 Å². The number of hydrogen-bond donors (Lipinski definition) is 1. The molecular weight excluding hydrogens is 266 g/mol. The third-order valence-corrected chi connectivity index (χ3v) is 3.01. The average Bonchev–Trinajstić information content (AvgIpc) is 2.53. The van der Waals surface area contributed by atoms with Gasteiger partial charge in [-0.2, -0.15) is 4.98 Å². The lowest BCUT2D eigenvalue weighted by molar-refractivity contribution is 0.126. The second-order valence-electron chi connectivity index (χ2n) is 4.57. The van der Waals surface area contributed by atoms with Gasteiger partial charge in [-0.05, 0) is 19.4 Å². The minimum Gasteiger partial charge on any atom is -0.470 e. The molecule has 0 aliphatic rings. The lowest BCUT2D eigenvalue weighted by Crippen LogP contribution is -2.08. The molecule has 112 valence electrons.